The van der Waals surface area contributed by atoms with E-state index in [0.717, 1.165) is 0 Å². The molecule has 0 unspecified atom stereocenters. The molecule has 0 aromatic rings. The Hall–Kier alpha value is -2.79. The largest absolute Gasteiger partial charge is 3.00 e. The van der Waals surface area contributed by atoms with E-state index in [1.807, 2.05) is 0 Å². The molecule has 14 heteroatoms. The van der Waals surface area contributed by atoms with Gasteiger partial charge in [0.05, 0.1) is 35.8 Å². The van der Waals surface area contributed by atoms with Gasteiger partial charge in [-0.15, -0.1) is 0 Å². The number of rotatable bonds is 6. The second kappa shape index (κ2) is 22.2. The molecule has 0 fully saturated rings. The van der Waals surface area contributed by atoms with Crippen molar-refractivity contribution < 1.29 is 96.5 Å². The molecule has 26 heavy (non-hydrogen) atoms. The van der Waals surface area contributed by atoms with E-state index in [1.165, 1.54) is 0 Å². The Labute approximate surface area is 168 Å². The second-order valence-electron chi connectivity index (χ2n) is 2.91. The van der Waals surface area contributed by atoms with Gasteiger partial charge >= 0.3 is 37.1 Å². The summed E-state index contributed by atoms with van der Waals surface area (Å²) in [6, 6.07) is 0. The number of carboxylic acid groups (broad SMARTS) is 6. The molecule has 0 aromatic carbocycles. The van der Waals surface area contributed by atoms with E-state index in [2.05, 4.69) is 0 Å². The van der Waals surface area contributed by atoms with Crippen LogP contribution >= 0.6 is 0 Å². The summed E-state index contributed by atoms with van der Waals surface area (Å²) in [6.07, 6.45) is 2.31. The summed E-state index contributed by atoms with van der Waals surface area (Å²) in [5, 5.41) is 56.5. The van der Waals surface area contributed by atoms with Gasteiger partial charge < -0.3 is 59.4 Å². The van der Waals surface area contributed by atoms with Gasteiger partial charge in [0, 0.05) is 0 Å². The summed E-state index contributed by atoms with van der Waals surface area (Å²) in [5.74, 6) is -9.28. The van der Waals surface area contributed by atoms with Crippen molar-refractivity contribution in [2.24, 2.45) is 0 Å². The summed E-state index contributed by atoms with van der Waals surface area (Å²) in [6.45, 7) is 0. The van der Waals surface area contributed by atoms with Gasteiger partial charge in [-0.2, -0.15) is 0 Å². The van der Waals surface area contributed by atoms with Gasteiger partial charge in [0.1, 0.15) is 0 Å². The van der Waals surface area contributed by atoms with Crippen molar-refractivity contribution in [3.05, 3.63) is 36.5 Å². The predicted molar refractivity (Wildman–Crippen MR) is 57.5 cm³/mol. The molecule has 0 aliphatic heterocycles. The average molecular weight is 444 g/mol. The molecular formula is C12H6O12V2. The first-order valence-corrected chi connectivity index (χ1v) is 5.18. The molecule has 0 aliphatic rings. The van der Waals surface area contributed by atoms with Crippen LogP contribution in [-0.2, 0) is 65.9 Å². The fourth-order valence-electron chi connectivity index (χ4n) is 0.408. The van der Waals surface area contributed by atoms with Crippen molar-refractivity contribution in [1.82, 2.24) is 0 Å². The Kier molecular flexibility index (Phi) is 29.5. The normalized spacial score (nSPS) is 8.77. The van der Waals surface area contributed by atoms with Crippen molar-refractivity contribution >= 4 is 35.8 Å². The van der Waals surface area contributed by atoms with Crippen LogP contribution in [-0.4, -0.2) is 35.8 Å². The van der Waals surface area contributed by atoms with Crippen LogP contribution in [0.3, 0.4) is 0 Å². The smallest absolute Gasteiger partial charge is 0.545 e. The van der Waals surface area contributed by atoms with E-state index in [0.29, 0.717) is 36.5 Å². The molecule has 0 rings (SSSR count). The van der Waals surface area contributed by atoms with Gasteiger partial charge in [0.15, 0.2) is 0 Å². The summed E-state index contributed by atoms with van der Waals surface area (Å²) in [7, 11) is 0. The third-order valence-electron chi connectivity index (χ3n) is 1.07. The van der Waals surface area contributed by atoms with Crippen molar-refractivity contribution in [3.63, 3.8) is 0 Å². The zero-order valence-corrected chi connectivity index (χ0v) is 15.1. The molecule has 0 radical (unpaired) electrons. The van der Waals surface area contributed by atoms with E-state index in [9.17, 15) is 59.4 Å². The van der Waals surface area contributed by atoms with Crippen LogP contribution in [0.1, 0.15) is 0 Å². The van der Waals surface area contributed by atoms with E-state index in [1.54, 1.807) is 0 Å². The molecule has 0 amide bonds. The van der Waals surface area contributed by atoms with Gasteiger partial charge in [0.2, 0.25) is 0 Å². The molecule has 0 heterocycles. The van der Waals surface area contributed by atoms with Gasteiger partial charge in [-0.1, -0.05) is 0 Å². The van der Waals surface area contributed by atoms with Crippen LogP contribution in [0.5, 0.6) is 0 Å². The molecule has 0 aromatic heterocycles. The maximum absolute atomic E-state index is 9.41. The van der Waals surface area contributed by atoms with Crippen molar-refractivity contribution in [2.45, 2.75) is 0 Å². The minimum absolute atomic E-state index is 0. The molecule has 0 bridgehead atoms. The minimum atomic E-state index is -1.55. The fourth-order valence-corrected chi connectivity index (χ4v) is 0.408. The van der Waals surface area contributed by atoms with Crippen molar-refractivity contribution in [1.29, 1.82) is 0 Å². The Morgan fingerprint density at radius 1 is 0.346 bits per heavy atom. The molecule has 0 spiro atoms. The number of hydrogen-bond donors (Lipinski definition) is 0. The molecule has 0 atom stereocenters. The SMILES string of the molecule is O=C([O-])/C=C\C(=O)[O-].O=C([O-])/C=C\C(=O)[O-].O=C([O-])/C=C\C(=O)[O-].[V+3].[V+3]. The van der Waals surface area contributed by atoms with Crippen LogP contribution in [0.4, 0.5) is 0 Å². The number of carbonyl (C=O) groups excluding carboxylic acids is 6. The molecule has 0 N–H and O–H groups in total. The molecule has 0 aliphatic carbocycles. The summed E-state index contributed by atoms with van der Waals surface area (Å²) in [5.41, 5.74) is 0. The van der Waals surface area contributed by atoms with Crippen LogP contribution in [0.25, 0.3) is 0 Å². The maximum Gasteiger partial charge on any atom is 3.00 e. The van der Waals surface area contributed by atoms with Crippen LogP contribution in [0.15, 0.2) is 36.5 Å². The second-order valence-corrected chi connectivity index (χ2v) is 2.91. The topological polar surface area (TPSA) is 241 Å². The van der Waals surface area contributed by atoms with E-state index < -0.39 is 35.8 Å². The summed E-state index contributed by atoms with van der Waals surface area (Å²) >= 11 is 0. The Morgan fingerprint density at radius 3 is 0.462 bits per heavy atom. The molecule has 136 valence electrons. The molecule has 12 nitrogen and oxygen atoms in total. The summed E-state index contributed by atoms with van der Waals surface area (Å²) in [4.78, 5) is 56.5. The quantitative estimate of drug-likeness (QED) is 0.347. The zero-order chi connectivity index (χ0) is 19.7. The zero-order valence-electron chi connectivity index (χ0n) is 12.3. The summed E-state index contributed by atoms with van der Waals surface area (Å²) < 4.78 is 0. The Morgan fingerprint density at radius 2 is 0.423 bits per heavy atom. The monoisotopic (exact) mass is 444 g/mol. The molecule has 0 saturated heterocycles. The van der Waals surface area contributed by atoms with Crippen LogP contribution in [0.2, 0.25) is 0 Å². The first kappa shape index (κ1) is 34.5. The minimum Gasteiger partial charge on any atom is -0.545 e. The third-order valence-corrected chi connectivity index (χ3v) is 1.07. The van der Waals surface area contributed by atoms with Crippen molar-refractivity contribution in [2.75, 3.05) is 0 Å². The average Bonchev–Trinajstić information content (AvgIpc) is 2.42. The standard InChI is InChI=1S/3C4H4O4.2V/c3*5-3(6)1-2-4(7)8;;/h3*1-2H,(H,5,6)(H,7,8);;/q;;;2*+3/p-6/b3*2-1-;;. The first-order chi connectivity index (χ1) is 10.9. The van der Waals surface area contributed by atoms with E-state index in [-0.39, 0.29) is 37.1 Å². The van der Waals surface area contributed by atoms with Gasteiger partial charge in [-0.25, -0.2) is 0 Å². The first-order valence-electron chi connectivity index (χ1n) is 5.18. The fraction of sp³-hybridized carbons (Fsp3) is 0. The van der Waals surface area contributed by atoms with Gasteiger partial charge in [-0.05, 0) is 36.5 Å². The van der Waals surface area contributed by atoms with E-state index in [4.69, 9.17) is 0 Å². The van der Waals surface area contributed by atoms with Gasteiger partial charge in [-0.3, -0.25) is 0 Å². The van der Waals surface area contributed by atoms with E-state index >= 15 is 0 Å². The van der Waals surface area contributed by atoms with Crippen molar-refractivity contribution in [3.8, 4) is 0 Å². The van der Waals surface area contributed by atoms with Crippen LogP contribution < -0.4 is 30.6 Å². The number of carbonyl (C=O) groups is 6. The van der Waals surface area contributed by atoms with Crippen LogP contribution in [0, 0.1) is 0 Å². The van der Waals surface area contributed by atoms with Gasteiger partial charge in [0.25, 0.3) is 0 Å². The Balaban J connectivity index is -0.0000000817. The third kappa shape index (κ3) is 58.1. The number of carboxylic acids is 6. The predicted octanol–water partition coefficient (Wildman–Crippen LogP) is -8.88. The number of aliphatic carboxylic acids is 6. The molecular weight excluding hydrogens is 438 g/mol. The maximum atomic E-state index is 9.41. The number of hydrogen-bond acceptors (Lipinski definition) is 12. The Bertz CT molecular complexity index is 448. The molecule has 0 saturated carbocycles.